The lowest BCUT2D eigenvalue weighted by Gasteiger charge is -2.25. The summed E-state index contributed by atoms with van der Waals surface area (Å²) in [6, 6.07) is 20.0. The average Bonchev–Trinajstić information content (AvgIpc) is 2.61. The van der Waals surface area contributed by atoms with E-state index in [-0.39, 0.29) is 11.4 Å². The fraction of sp³-hybridized carbons (Fsp3) is 0.143. The van der Waals surface area contributed by atoms with Crippen molar-refractivity contribution in [1.29, 1.82) is 0 Å². The summed E-state index contributed by atoms with van der Waals surface area (Å²) in [5, 5.41) is 0. The monoisotopic (exact) mass is 369 g/mol. The Bertz CT molecular complexity index is 997. The molecule has 0 radical (unpaired) electrons. The molecular weight excluding hydrogens is 349 g/mol. The molecule has 0 aliphatic carbocycles. The van der Waals surface area contributed by atoms with Crippen LogP contribution in [0.4, 0.5) is 10.1 Å². The van der Waals surface area contributed by atoms with Crippen LogP contribution < -0.4 is 4.31 Å². The molecule has 0 aromatic heterocycles. The first kappa shape index (κ1) is 18.1. The Morgan fingerprint density at radius 3 is 2.12 bits per heavy atom. The number of hydrogen-bond donors (Lipinski definition) is 0. The zero-order valence-electron chi connectivity index (χ0n) is 14.7. The van der Waals surface area contributed by atoms with Crippen LogP contribution in [0.2, 0.25) is 0 Å². The summed E-state index contributed by atoms with van der Waals surface area (Å²) in [6.07, 6.45) is 0. The van der Waals surface area contributed by atoms with Gasteiger partial charge in [0.15, 0.2) is 0 Å². The minimum Gasteiger partial charge on any atom is -0.262 e. The first-order valence-corrected chi connectivity index (χ1v) is 9.71. The Morgan fingerprint density at radius 2 is 1.50 bits per heavy atom. The number of sulfonamides is 1. The highest BCUT2D eigenvalue weighted by atomic mass is 32.2. The summed E-state index contributed by atoms with van der Waals surface area (Å²) in [5.74, 6) is -0.468. The normalized spacial score (nSPS) is 11.3. The first-order valence-electron chi connectivity index (χ1n) is 8.27. The molecule has 0 atom stereocenters. The third kappa shape index (κ3) is 3.94. The molecule has 0 amide bonds. The lowest BCUT2D eigenvalue weighted by atomic mass is 10.1. The molecule has 0 saturated carbocycles. The summed E-state index contributed by atoms with van der Waals surface area (Å²) in [6.45, 7) is 4.11. The zero-order valence-corrected chi connectivity index (χ0v) is 15.5. The lowest BCUT2D eigenvalue weighted by molar-refractivity contribution is 0.589. The summed E-state index contributed by atoms with van der Waals surface area (Å²) < 4.78 is 41.0. The topological polar surface area (TPSA) is 37.4 Å². The van der Waals surface area contributed by atoms with Gasteiger partial charge in [-0.1, -0.05) is 47.5 Å². The van der Waals surface area contributed by atoms with Crippen LogP contribution in [0.15, 0.2) is 77.7 Å². The molecule has 0 fully saturated rings. The van der Waals surface area contributed by atoms with Gasteiger partial charge in [-0.15, -0.1) is 0 Å². The van der Waals surface area contributed by atoms with Gasteiger partial charge in [0.2, 0.25) is 0 Å². The highest BCUT2D eigenvalue weighted by molar-refractivity contribution is 7.92. The fourth-order valence-corrected chi connectivity index (χ4v) is 4.19. The summed E-state index contributed by atoms with van der Waals surface area (Å²) in [4.78, 5) is 0.0622. The average molecular weight is 369 g/mol. The van der Waals surface area contributed by atoms with Gasteiger partial charge in [0.05, 0.1) is 17.1 Å². The second-order valence-corrected chi connectivity index (χ2v) is 8.15. The molecule has 0 aliphatic heterocycles. The predicted molar refractivity (Wildman–Crippen MR) is 102 cm³/mol. The molecular formula is C21H20FNO2S. The van der Waals surface area contributed by atoms with Crippen LogP contribution in [0.25, 0.3) is 0 Å². The van der Waals surface area contributed by atoms with Crippen molar-refractivity contribution in [3.63, 3.8) is 0 Å². The molecule has 0 heterocycles. The van der Waals surface area contributed by atoms with Gasteiger partial charge in [-0.05, 0) is 55.8 Å². The van der Waals surface area contributed by atoms with E-state index in [0.717, 1.165) is 28.8 Å². The standard InChI is InChI=1S/C21H20FNO2S/c1-16-6-10-20(11-7-16)23(15-18-5-3-4-17(2)14-18)26(24,25)21-12-8-19(22)9-13-21/h3-14H,15H2,1-2H3. The maximum absolute atomic E-state index is 13.2. The lowest BCUT2D eigenvalue weighted by Crippen LogP contribution is -2.30. The van der Waals surface area contributed by atoms with E-state index in [9.17, 15) is 12.8 Å². The number of rotatable bonds is 5. The van der Waals surface area contributed by atoms with Crippen molar-refractivity contribution in [2.24, 2.45) is 0 Å². The van der Waals surface area contributed by atoms with Crippen molar-refractivity contribution in [1.82, 2.24) is 0 Å². The van der Waals surface area contributed by atoms with Gasteiger partial charge in [0.1, 0.15) is 5.82 Å². The molecule has 3 aromatic rings. The Morgan fingerprint density at radius 1 is 0.846 bits per heavy atom. The molecule has 0 bridgehead atoms. The van der Waals surface area contributed by atoms with E-state index >= 15 is 0 Å². The molecule has 134 valence electrons. The van der Waals surface area contributed by atoms with Crippen molar-refractivity contribution >= 4 is 15.7 Å². The number of anilines is 1. The van der Waals surface area contributed by atoms with Crippen LogP contribution in [0.1, 0.15) is 16.7 Å². The van der Waals surface area contributed by atoms with Crippen LogP contribution in [0.5, 0.6) is 0 Å². The van der Waals surface area contributed by atoms with Gasteiger partial charge in [-0.2, -0.15) is 0 Å². The molecule has 0 unspecified atom stereocenters. The molecule has 5 heteroatoms. The largest absolute Gasteiger partial charge is 0.264 e. The van der Waals surface area contributed by atoms with Crippen LogP contribution in [-0.2, 0) is 16.6 Å². The smallest absolute Gasteiger partial charge is 0.262 e. The van der Waals surface area contributed by atoms with E-state index in [1.807, 2.05) is 50.2 Å². The molecule has 0 aliphatic rings. The fourth-order valence-electron chi connectivity index (χ4n) is 2.74. The van der Waals surface area contributed by atoms with E-state index in [1.165, 1.54) is 16.4 Å². The van der Waals surface area contributed by atoms with Gasteiger partial charge >= 0.3 is 0 Å². The Hall–Kier alpha value is -2.66. The van der Waals surface area contributed by atoms with Gasteiger partial charge < -0.3 is 0 Å². The van der Waals surface area contributed by atoms with Gasteiger partial charge in [0.25, 0.3) is 10.0 Å². The van der Waals surface area contributed by atoms with Crippen molar-refractivity contribution in [3.8, 4) is 0 Å². The molecule has 0 saturated heterocycles. The SMILES string of the molecule is Cc1ccc(N(Cc2cccc(C)c2)S(=O)(=O)c2ccc(F)cc2)cc1. The number of aryl methyl sites for hydroxylation is 2. The Kier molecular flexibility index (Phi) is 5.09. The molecule has 3 nitrogen and oxygen atoms in total. The third-order valence-electron chi connectivity index (χ3n) is 4.13. The van der Waals surface area contributed by atoms with Crippen molar-refractivity contribution < 1.29 is 12.8 Å². The second-order valence-electron chi connectivity index (χ2n) is 6.29. The second kappa shape index (κ2) is 7.30. The maximum atomic E-state index is 13.2. The Labute approximate surface area is 153 Å². The number of halogens is 1. The first-order chi connectivity index (χ1) is 12.4. The van der Waals surface area contributed by atoms with E-state index in [1.54, 1.807) is 12.1 Å². The number of hydrogen-bond acceptors (Lipinski definition) is 2. The summed E-state index contributed by atoms with van der Waals surface area (Å²) >= 11 is 0. The molecule has 3 aromatic carbocycles. The van der Waals surface area contributed by atoms with E-state index in [0.29, 0.717) is 5.69 Å². The van der Waals surface area contributed by atoms with Crippen molar-refractivity contribution in [3.05, 3.63) is 95.3 Å². The van der Waals surface area contributed by atoms with Crippen LogP contribution >= 0.6 is 0 Å². The maximum Gasteiger partial charge on any atom is 0.264 e. The number of benzene rings is 3. The van der Waals surface area contributed by atoms with E-state index < -0.39 is 15.8 Å². The minimum absolute atomic E-state index is 0.0622. The van der Waals surface area contributed by atoms with Crippen molar-refractivity contribution in [2.45, 2.75) is 25.3 Å². The summed E-state index contributed by atoms with van der Waals surface area (Å²) in [7, 11) is -3.83. The third-order valence-corrected chi connectivity index (χ3v) is 5.92. The molecule has 0 N–H and O–H groups in total. The molecule has 0 spiro atoms. The zero-order chi connectivity index (χ0) is 18.7. The highest BCUT2D eigenvalue weighted by Gasteiger charge is 2.25. The predicted octanol–water partition coefficient (Wildman–Crippen LogP) is 4.84. The quantitative estimate of drug-likeness (QED) is 0.645. The highest BCUT2D eigenvalue weighted by Crippen LogP contribution is 2.26. The van der Waals surface area contributed by atoms with Crippen LogP contribution in [-0.4, -0.2) is 8.42 Å². The van der Waals surface area contributed by atoms with Gasteiger partial charge in [-0.25, -0.2) is 12.8 Å². The van der Waals surface area contributed by atoms with Gasteiger partial charge in [0, 0.05) is 0 Å². The van der Waals surface area contributed by atoms with E-state index in [4.69, 9.17) is 0 Å². The van der Waals surface area contributed by atoms with Crippen LogP contribution in [0, 0.1) is 19.7 Å². The molecule has 3 rings (SSSR count). The van der Waals surface area contributed by atoms with E-state index in [2.05, 4.69) is 0 Å². The number of nitrogens with zero attached hydrogens (tertiary/aromatic N) is 1. The summed E-state index contributed by atoms with van der Waals surface area (Å²) in [5.41, 5.74) is 3.56. The minimum atomic E-state index is -3.83. The van der Waals surface area contributed by atoms with Gasteiger partial charge in [-0.3, -0.25) is 4.31 Å². The van der Waals surface area contributed by atoms with Crippen LogP contribution in [0.3, 0.4) is 0 Å². The molecule has 26 heavy (non-hydrogen) atoms. The Balaban J connectivity index is 2.07. The van der Waals surface area contributed by atoms with Crippen molar-refractivity contribution in [2.75, 3.05) is 4.31 Å².